The second-order valence-corrected chi connectivity index (χ2v) is 10.4. The van der Waals surface area contributed by atoms with Crippen LogP contribution in [0.15, 0.2) is 83.8 Å². The van der Waals surface area contributed by atoms with Crippen molar-refractivity contribution in [3.8, 4) is 5.75 Å². The standard InChI is InChI=1S/C26H29ClN2O4S/c1-20(2)33-24-10-6-8-21(18-24)9-7-17-28-26(30)19-29(23-15-13-22(27)14-16-23)34(31,32)25-11-4-3-5-12-25/h3-6,8,10-16,18,20H,7,9,17,19H2,1-2H3,(H,28,30). The highest BCUT2D eigenvalue weighted by Crippen LogP contribution is 2.25. The molecule has 0 aliphatic carbocycles. The first-order valence-electron chi connectivity index (χ1n) is 11.1. The Morgan fingerprint density at radius 3 is 2.38 bits per heavy atom. The van der Waals surface area contributed by atoms with Gasteiger partial charge in [-0.05, 0) is 80.8 Å². The molecule has 0 saturated carbocycles. The lowest BCUT2D eigenvalue weighted by Crippen LogP contribution is -2.41. The maximum absolute atomic E-state index is 13.3. The van der Waals surface area contributed by atoms with Crippen LogP contribution in [0.4, 0.5) is 5.69 Å². The number of sulfonamides is 1. The second kappa shape index (κ2) is 11.9. The Labute approximate surface area is 206 Å². The summed E-state index contributed by atoms with van der Waals surface area (Å²) in [5.74, 6) is 0.438. The van der Waals surface area contributed by atoms with Gasteiger partial charge in [-0.25, -0.2) is 8.42 Å². The van der Waals surface area contributed by atoms with E-state index in [4.69, 9.17) is 16.3 Å². The molecule has 0 aliphatic heterocycles. The third-order valence-corrected chi connectivity index (χ3v) is 7.01. The monoisotopic (exact) mass is 500 g/mol. The van der Waals surface area contributed by atoms with Crippen molar-refractivity contribution in [1.29, 1.82) is 0 Å². The van der Waals surface area contributed by atoms with E-state index in [1.165, 1.54) is 12.1 Å². The minimum absolute atomic E-state index is 0.102. The molecule has 3 rings (SSSR count). The predicted octanol–water partition coefficient (Wildman–Crippen LogP) is 5.07. The number of carbonyl (C=O) groups is 1. The maximum Gasteiger partial charge on any atom is 0.264 e. The Bertz CT molecular complexity index is 1180. The number of anilines is 1. The number of rotatable bonds is 11. The van der Waals surface area contributed by atoms with Crippen LogP contribution in [0.1, 0.15) is 25.8 Å². The number of hydrogen-bond acceptors (Lipinski definition) is 4. The fourth-order valence-corrected chi connectivity index (χ4v) is 4.96. The summed E-state index contributed by atoms with van der Waals surface area (Å²) >= 11 is 5.97. The molecule has 3 aromatic carbocycles. The lowest BCUT2D eigenvalue weighted by molar-refractivity contribution is -0.119. The van der Waals surface area contributed by atoms with E-state index in [2.05, 4.69) is 5.32 Å². The Balaban J connectivity index is 1.63. The summed E-state index contributed by atoms with van der Waals surface area (Å²) in [6, 6.07) is 22.3. The molecular weight excluding hydrogens is 472 g/mol. The van der Waals surface area contributed by atoms with Crippen LogP contribution < -0.4 is 14.4 Å². The molecule has 0 spiro atoms. The third-order valence-electron chi connectivity index (χ3n) is 4.97. The van der Waals surface area contributed by atoms with E-state index in [1.807, 2.05) is 38.1 Å². The largest absolute Gasteiger partial charge is 0.491 e. The van der Waals surface area contributed by atoms with Crippen molar-refractivity contribution in [2.45, 2.75) is 37.7 Å². The van der Waals surface area contributed by atoms with Gasteiger partial charge in [0.25, 0.3) is 10.0 Å². The zero-order valence-corrected chi connectivity index (χ0v) is 20.9. The first-order valence-corrected chi connectivity index (χ1v) is 12.9. The summed E-state index contributed by atoms with van der Waals surface area (Å²) in [5, 5.41) is 3.31. The van der Waals surface area contributed by atoms with Gasteiger partial charge in [0.1, 0.15) is 12.3 Å². The van der Waals surface area contributed by atoms with Crippen LogP contribution in [0.5, 0.6) is 5.75 Å². The fourth-order valence-electron chi connectivity index (χ4n) is 3.40. The topological polar surface area (TPSA) is 75.7 Å². The van der Waals surface area contributed by atoms with E-state index in [9.17, 15) is 13.2 Å². The van der Waals surface area contributed by atoms with Crippen LogP contribution in [0.25, 0.3) is 0 Å². The molecule has 3 aromatic rings. The van der Waals surface area contributed by atoms with Crippen molar-refractivity contribution in [3.05, 3.63) is 89.4 Å². The van der Waals surface area contributed by atoms with E-state index in [0.29, 0.717) is 23.7 Å². The molecule has 0 atom stereocenters. The van der Waals surface area contributed by atoms with Crippen LogP contribution in [0, 0.1) is 0 Å². The van der Waals surface area contributed by atoms with Gasteiger partial charge in [-0.15, -0.1) is 0 Å². The van der Waals surface area contributed by atoms with Gasteiger partial charge in [-0.3, -0.25) is 9.10 Å². The Kier molecular flexibility index (Phi) is 8.96. The van der Waals surface area contributed by atoms with Gasteiger partial charge in [-0.1, -0.05) is 41.9 Å². The van der Waals surface area contributed by atoms with E-state index in [-0.39, 0.29) is 23.5 Å². The molecule has 0 radical (unpaired) electrons. The molecule has 0 saturated heterocycles. The van der Waals surface area contributed by atoms with E-state index in [1.54, 1.807) is 42.5 Å². The average molecular weight is 501 g/mol. The lowest BCUT2D eigenvalue weighted by atomic mass is 10.1. The molecule has 1 amide bonds. The second-order valence-electron chi connectivity index (χ2n) is 8.07. The van der Waals surface area contributed by atoms with Crippen molar-refractivity contribution in [3.63, 3.8) is 0 Å². The zero-order valence-electron chi connectivity index (χ0n) is 19.3. The molecule has 0 aromatic heterocycles. The summed E-state index contributed by atoms with van der Waals surface area (Å²) in [7, 11) is -3.93. The number of amides is 1. The van der Waals surface area contributed by atoms with Gasteiger partial charge in [0.05, 0.1) is 16.7 Å². The van der Waals surface area contributed by atoms with Crippen molar-refractivity contribution in [2.75, 3.05) is 17.4 Å². The molecule has 0 unspecified atom stereocenters. The normalized spacial score (nSPS) is 11.3. The highest BCUT2D eigenvalue weighted by atomic mass is 35.5. The first kappa shape index (κ1) is 25.6. The Morgan fingerprint density at radius 1 is 1.00 bits per heavy atom. The van der Waals surface area contributed by atoms with E-state index >= 15 is 0 Å². The third kappa shape index (κ3) is 7.23. The molecule has 0 bridgehead atoms. The van der Waals surface area contributed by atoms with Gasteiger partial charge >= 0.3 is 0 Å². The average Bonchev–Trinajstić information content (AvgIpc) is 2.81. The number of nitrogens with zero attached hydrogens (tertiary/aromatic N) is 1. The number of carbonyl (C=O) groups excluding carboxylic acids is 1. The lowest BCUT2D eigenvalue weighted by Gasteiger charge is -2.24. The zero-order chi connectivity index (χ0) is 24.6. The summed E-state index contributed by atoms with van der Waals surface area (Å²) in [4.78, 5) is 12.8. The van der Waals surface area contributed by atoms with E-state index < -0.39 is 10.0 Å². The van der Waals surface area contributed by atoms with Crippen molar-refractivity contribution >= 4 is 33.2 Å². The van der Waals surface area contributed by atoms with Crippen LogP contribution in [-0.2, 0) is 21.2 Å². The quantitative estimate of drug-likeness (QED) is 0.373. The highest BCUT2D eigenvalue weighted by molar-refractivity contribution is 7.92. The molecule has 6 nitrogen and oxygen atoms in total. The van der Waals surface area contributed by atoms with Gasteiger partial charge in [0.2, 0.25) is 5.91 Å². The SMILES string of the molecule is CC(C)Oc1cccc(CCCNC(=O)CN(c2ccc(Cl)cc2)S(=O)(=O)c2ccccc2)c1. The molecule has 0 heterocycles. The molecule has 8 heteroatoms. The van der Waals surface area contributed by atoms with Gasteiger partial charge < -0.3 is 10.1 Å². The fraction of sp³-hybridized carbons (Fsp3) is 0.269. The molecule has 34 heavy (non-hydrogen) atoms. The molecule has 180 valence electrons. The van der Waals surface area contributed by atoms with Crippen LogP contribution >= 0.6 is 11.6 Å². The molecule has 0 aliphatic rings. The number of hydrogen-bond donors (Lipinski definition) is 1. The smallest absolute Gasteiger partial charge is 0.264 e. The molecule has 1 N–H and O–H groups in total. The number of aryl methyl sites for hydroxylation is 1. The minimum Gasteiger partial charge on any atom is -0.491 e. The van der Waals surface area contributed by atoms with Crippen molar-refractivity contribution in [1.82, 2.24) is 5.32 Å². The predicted molar refractivity (Wildman–Crippen MR) is 136 cm³/mol. The summed E-state index contributed by atoms with van der Waals surface area (Å²) in [5.41, 5.74) is 1.48. The summed E-state index contributed by atoms with van der Waals surface area (Å²) in [6.07, 6.45) is 1.58. The van der Waals surface area contributed by atoms with Crippen LogP contribution in [0.3, 0.4) is 0 Å². The van der Waals surface area contributed by atoms with Gasteiger partial charge in [-0.2, -0.15) is 0 Å². The number of benzene rings is 3. The van der Waals surface area contributed by atoms with Crippen LogP contribution in [-0.4, -0.2) is 33.5 Å². The molecule has 0 fully saturated rings. The Hall–Kier alpha value is -3.03. The number of halogens is 1. The number of ether oxygens (including phenoxy) is 1. The number of nitrogens with one attached hydrogen (secondary N) is 1. The van der Waals surface area contributed by atoms with E-state index in [0.717, 1.165) is 22.0 Å². The van der Waals surface area contributed by atoms with Crippen molar-refractivity contribution in [2.24, 2.45) is 0 Å². The van der Waals surface area contributed by atoms with Crippen molar-refractivity contribution < 1.29 is 17.9 Å². The molecular formula is C26H29ClN2O4S. The minimum atomic E-state index is -3.93. The van der Waals surface area contributed by atoms with Crippen LogP contribution in [0.2, 0.25) is 5.02 Å². The first-order chi connectivity index (χ1) is 16.3. The highest BCUT2D eigenvalue weighted by Gasteiger charge is 2.27. The summed E-state index contributed by atoms with van der Waals surface area (Å²) < 4.78 is 33.4. The summed E-state index contributed by atoms with van der Waals surface area (Å²) in [6.45, 7) is 4.05. The van der Waals surface area contributed by atoms with Gasteiger partial charge in [0.15, 0.2) is 0 Å². The maximum atomic E-state index is 13.3. The Morgan fingerprint density at radius 2 is 1.71 bits per heavy atom. The van der Waals surface area contributed by atoms with Gasteiger partial charge in [0, 0.05) is 11.6 Å².